The predicted molar refractivity (Wildman–Crippen MR) is 38.0 cm³/mol. The van der Waals surface area contributed by atoms with E-state index in [1.54, 1.807) is 14.1 Å². The van der Waals surface area contributed by atoms with Crippen molar-refractivity contribution in [2.75, 3.05) is 14.1 Å². The maximum Gasteiger partial charge on any atom is 0.319 e. The normalized spacial score (nSPS) is 19.1. The third-order valence-corrected chi connectivity index (χ3v) is 1.97. The first kappa shape index (κ1) is 8.04. The number of carbonyl (C=O) groups excluding carboxylic acids is 1. The first-order valence-electron chi connectivity index (χ1n) is 3.46. The van der Waals surface area contributed by atoms with Gasteiger partial charge in [0.25, 0.3) is 0 Å². The molecule has 1 fully saturated rings. The van der Waals surface area contributed by atoms with Crippen LogP contribution >= 0.6 is 0 Å². The van der Waals surface area contributed by atoms with E-state index in [-0.39, 0.29) is 5.91 Å². The van der Waals surface area contributed by atoms with Gasteiger partial charge in [0.2, 0.25) is 5.91 Å². The number of hydrogen-bond acceptors (Lipinski definition) is 2. The molecule has 1 aliphatic carbocycles. The molecule has 1 amide bonds. The standard InChI is InChI=1S/C7H11NO3/c1-8(2)5(9)7(3-4-7)6(10)11/h3-4H2,1-2H3,(H,10,11). The van der Waals surface area contributed by atoms with E-state index in [0.717, 1.165) is 0 Å². The molecule has 0 aromatic carbocycles. The maximum atomic E-state index is 11.2. The monoisotopic (exact) mass is 157 g/mol. The van der Waals surface area contributed by atoms with Crippen LogP contribution in [0.25, 0.3) is 0 Å². The van der Waals surface area contributed by atoms with Gasteiger partial charge in [0.1, 0.15) is 5.41 Å². The summed E-state index contributed by atoms with van der Waals surface area (Å²) in [6, 6.07) is 0. The summed E-state index contributed by atoms with van der Waals surface area (Å²) in [6.07, 6.45) is 0.971. The Labute approximate surface area is 64.8 Å². The molecule has 4 nitrogen and oxygen atoms in total. The second-order valence-electron chi connectivity index (χ2n) is 3.09. The van der Waals surface area contributed by atoms with Gasteiger partial charge in [0, 0.05) is 14.1 Å². The quantitative estimate of drug-likeness (QED) is 0.571. The molecule has 11 heavy (non-hydrogen) atoms. The molecule has 0 unspecified atom stereocenters. The molecule has 0 bridgehead atoms. The minimum absolute atomic E-state index is 0.287. The van der Waals surface area contributed by atoms with E-state index in [4.69, 9.17) is 5.11 Å². The van der Waals surface area contributed by atoms with E-state index in [2.05, 4.69) is 0 Å². The first-order chi connectivity index (χ1) is 5.00. The number of carbonyl (C=O) groups is 2. The van der Waals surface area contributed by atoms with Crippen molar-refractivity contribution in [2.45, 2.75) is 12.8 Å². The highest BCUT2D eigenvalue weighted by Gasteiger charge is 2.57. The number of hydrogen-bond donors (Lipinski definition) is 1. The highest BCUT2D eigenvalue weighted by atomic mass is 16.4. The van der Waals surface area contributed by atoms with E-state index >= 15 is 0 Å². The van der Waals surface area contributed by atoms with Gasteiger partial charge in [0.05, 0.1) is 0 Å². The Morgan fingerprint density at radius 1 is 1.36 bits per heavy atom. The van der Waals surface area contributed by atoms with Gasteiger partial charge in [-0.2, -0.15) is 0 Å². The fourth-order valence-electron chi connectivity index (χ4n) is 1.07. The molecule has 0 aliphatic heterocycles. The first-order valence-corrected chi connectivity index (χ1v) is 3.46. The van der Waals surface area contributed by atoms with E-state index < -0.39 is 11.4 Å². The third-order valence-electron chi connectivity index (χ3n) is 1.97. The lowest BCUT2D eigenvalue weighted by atomic mass is 10.1. The van der Waals surface area contributed by atoms with E-state index in [9.17, 15) is 9.59 Å². The minimum atomic E-state index is -1.07. The van der Waals surface area contributed by atoms with Crippen molar-refractivity contribution in [1.29, 1.82) is 0 Å². The Hall–Kier alpha value is -1.06. The van der Waals surface area contributed by atoms with Gasteiger partial charge >= 0.3 is 5.97 Å². The summed E-state index contributed by atoms with van der Waals surface area (Å²) in [5.74, 6) is -1.28. The summed E-state index contributed by atoms with van der Waals surface area (Å²) >= 11 is 0. The molecule has 4 heteroatoms. The number of amides is 1. The molecule has 0 radical (unpaired) electrons. The van der Waals surface area contributed by atoms with E-state index in [0.29, 0.717) is 12.8 Å². The van der Waals surface area contributed by atoms with Gasteiger partial charge in [0.15, 0.2) is 0 Å². The molecule has 1 rings (SSSR count). The van der Waals surface area contributed by atoms with Crippen molar-refractivity contribution in [3.8, 4) is 0 Å². The van der Waals surface area contributed by atoms with Crippen molar-refractivity contribution < 1.29 is 14.7 Å². The van der Waals surface area contributed by atoms with Crippen LogP contribution < -0.4 is 0 Å². The van der Waals surface area contributed by atoms with Gasteiger partial charge < -0.3 is 10.0 Å². The van der Waals surface area contributed by atoms with Crippen molar-refractivity contribution in [1.82, 2.24) is 4.90 Å². The van der Waals surface area contributed by atoms with E-state index in [1.165, 1.54) is 4.90 Å². The SMILES string of the molecule is CN(C)C(=O)C1(C(=O)O)CC1. The minimum Gasteiger partial charge on any atom is -0.480 e. The zero-order chi connectivity index (χ0) is 8.65. The molecule has 1 saturated carbocycles. The van der Waals surface area contributed by atoms with Crippen LogP contribution in [0.4, 0.5) is 0 Å². The van der Waals surface area contributed by atoms with Crippen LogP contribution in [0.15, 0.2) is 0 Å². The molecule has 1 aliphatic rings. The Morgan fingerprint density at radius 2 is 1.82 bits per heavy atom. The smallest absolute Gasteiger partial charge is 0.319 e. The lowest BCUT2D eigenvalue weighted by Crippen LogP contribution is -2.36. The summed E-state index contributed by atoms with van der Waals surface area (Å²) in [4.78, 5) is 23.1. The van der Waals surface area contributed by atoms with Gasteiger partial charge in [-0.05, 0) is 12.8 Å². The number of nitrogens with zero attached hydrogens (tertiary/aromatic N) is 1. The summed E-state index contributed by atoms with van der Waals surface area (Å²) < 4.78 is 0. The Kier molecular flexibility index (Phi) is 1.62. The zero-order valence-electron chi connectivity index (χ0n) is 6.63. The molecule has 0 aromatic heterocycles. The Bertz CT molecular complexity index is 206. The van der Waals surface area contributed by atoms with Gasteiger partial charge in [-0.15, -0.1) is 0 Å². The van der Waals surface area contributed by atoms with Crippen LogP contribution in [0.5, 0.6) is 0 Å². The lowest BCUT2D eigenvalue weighted by molar-refractivity contribution is -0.152. The summed E-state index contributed by atoms with van der Waals surface area (Å²) in [5, 5.41) is 8.68. The van der Waals surface area contributed by atoms with Crippen LogP contribution in [-0.4, -0.2) is 36.0 Å². The number of carboxylic acids is 1. The topological polar surface area (TPSA) is 57.6 Å². The highest BCUT2D eigenvalue weighted by Crippen LogP contribution is 2.47. The molecular weight excluding hydrogens is 146 g/mol. The van der Waals surface area contributed by atoms with Crippen LogP contribution in [-0.2, 0) is 9.59 Å². The lowest BCUT2D eigenvalue weighted by Gasteiger charge is -2.15. The Morgan fingerprint density at radius 3 is 1.91 bits per heavy atom. The van der Waals surface area contributed by atoms with Crippen molar-refractivity contribution >= 4 is 11.9 Å². The van der Waals surface area contributed by atoms with Gasteiger partial charge in [-0.3, -0.25) is 9.59 Å². The summed E-state index contributed by atoms with van der Waals surface area (Å²) in [7, 11) is 3.15. The van der Waals surface area contributed by atoms with Crippen LogP contribution in [0.1, 0.15) is 12.8 Å². The largest absolute Gasteiger partial charge is 0.480 e. The van der Waals surface area contributed by atoms with Gasteiger partial charge in [-0.1, -0.05) is 0 Å². The number of carboxylic acid groups (broad SMARTS) is 1. The number of aliphatic carboxylic acids is 1. The van der Waals surface area contributed by atoms with Crippen molar-refractivity contribution in [2.24, 2.45) is 5.41 Å². The maximum absolute atomic E-state index is 11.2. The summed E-state index contributed by atoms with van der Waals surface area (Å²) in [5.41, 5.74) is -1.07. The molecule has 0 aromatic rings. The summed E-state index contributed by atoms with van der Waals surface area (Å²) in [6.45, 7) is 0. The second kappa shape index (κ2) is 2.22. The molecule has 0 spiro atoms. The third kappa shape index (κ3) is 1.08. The fraction of sp³-hybridized carbons (Fsp3) is 0.714. The molecule has 1 N–H and O–H groups in total. The second-order valence-corrected chi connectivity index (χ2v) is 3.09. The van der Waals surface area contributed by atoms with Crippen LogP contribution in [0.2, 0.25) is 0 Å². The van der Waals surface area contributed by atoms with Crippen molar-refractivity contribution in [3.63, 3.8) is 0 Å². The van der Waals surface area contributed by atoms with E-state index in [1.807, 2.05) is 0 Å². The zero-order valence-corrected chi connectivity index (χ0v) is 6.63. The molecule has 0 saturated heterocycles. The number of rotatable bonds is 2. The van der Waals surface area contributed by atoms with Crippen LogP contribution in [0, 0.1) is 5.41 Å². The van der Waals surface area contributed by atoms with Crippen LogP contribution in [0.3, 0.4) is 0 Å². The Balaban J connectivity index is 2.74. The molecule has 0 atom stereocenters. The fourth-order valence-corrected chi connectivity index (χ4v) is 1.07. The molecular formula is C7H11NO3. The molecule has 62 valence electrons. The highest BCUT2D eigenvalue weighted by molar-refractivity contribution is 6.04. The average Bonchev–Trinajstić information content (AvgIpc) is 2.65. The van der Waals surface area contributed by atoms with Crippen molar-refractivity contribution in [3.05, 3.63) is 0 Å². The molecule has 0 heterocycles. The van der Waals surface area contributed by atoms with Gasteiger partial charge in [-0.25, -0.2) is 0 Å². The predicted octanol–water partition coefficient (Wildman–Crippen LogP) is -0.0606. The average molecular weight is 157 g/mol.